The number of benzene rings is 3. The first-order valence-corrected chi connectivity index (χ1v) is 13.4. The van der Waals surface area contributed by atoms with Crippen LogP contribution in [0.2, 0.25) is 0 Å². The maximum absolute atomic E-state index is 13.7. The summed E-state index contributed by atoms with van der Waals surface area (Å²) in [7, 11) is 0. The highest BCUT2D eigenvalue weighted by Gasteiger charge is 2.34. The average molecular weight is 564 g/mol. The maximum atomic E-state index is 13.7. The first-order valence-electron chi connectivity index (χ1n) is 12.6. The Balaban J connectivity index is 1.42. The van der Waals surface area contributed by atoms with Gasteiger partial charge < -0.3 is 9.47 Å². The van der Waals surface area contributed by atoms with Crippen LogP contribution in [0.1, 0.15) is 38.1 Å². The minimum atomic E-state index is -0.269. The van der Waals surface area contributed by atoms with Gasteiger partial charge in [0.15, 0.2) is 0 Å². The first kappa shape index (κ1) is 25.6. The van der Waals surface area contributed by atoms with E-state index in [0.717, 1.165) is 52.2 Å². The van der Waals surface area contributed by atoms with Crippen LogP contribution in [0.5, 0.6) is 5.75 Å². The van der Waals surface area contributed by atoms with E-state index < -0.39 is 0 Å². The molecule has 4 aromatic rings. The summed E-state index contributed by atoms with van der Waals surface area (Å²) in [4.78, 5) is 2.36. The smallest absolute Gasteiger partial charge is 0.140 e. The molecule has 2 heterocycles. The molecule has 0 saturated carbocycles. The van der Waals surface area contributed by atoms with Crippen LogP contribution in [0.3, 0.4) is 0 Å². The van der Waals surface area contributed by atoms with Crippen molar-refractivity contribution in [2.45, 2.75) is 45.6 Å². The minimum Gasteiger partial charge on any atom is -0.491 e. The Bertz CT molecular complexity index is 1320. The molecule has 1 aliphatic heterocycles. The van der Waals surface area contributed by atoms with Gasteiger partial charge in [-0.15, -0.1) is 0 Å². The van der Waals surface area contributed by atoms with Crippen molar-refractivity contribution in [3.05, 3.63) is 100 Å². The maximum Gasteiger partial charge on any atom is 0.140 e. The van der Waals surface area contributed by atoms with Gasteiger partial charge >= 0.3 is 0 Å². The zero-order valence-electron chi connectivity index (χ0n) is 21.3. The van der Waals surface area contributed by atoms with E-state index in [0.29, 0.717) is 0 Å². The molecule has 0 radical (unpaired) electrons. The number of hydrogen-bond acceptors (Lipinski definition) is 4. The second-order valence-electron chi connectivity index (χ2n) is 9.72. The fraction of sp³-hybridized carbons (Fsp3) is 0.300. The van der Waals surface area contributed by atoms with Crippen LogP contribution in [0.15, 0.2) is 83.5 Å². The Morgan fingerprint density at radius 2 is 1.73 bits per heavy atom. The molecule has 1 saturated heterocycles. The van der Waals surface area contributed by atoms with Crippen LogP contribution < -0.4 is 4.74 Å². The number of aromatic nitrogens is 2. The van der Waals surface area contributed by atoms with E-state index in [4.69, 9.17) is 14.6 Å². The fourth-order valence-electron chi connectivity index (χ4n) is 4.66. The van der Waals surface area contributed by atoms with Gasteiger partial charge in [0, 0.05) is 34.9 Å². The van der Waals surface area contributed by atoms with Gasteiger partial charge in [-0.2, -0.15) is 5.10 Å². The molecular weight excluding hydrogens is 533 g/mol. The summed E-state index contributed by atoms with van der Waals surface area (Å²) < 4.78 is 28.8. The van der Waals surface area contributed by atoms with Crippen LogP contribution in [0, 0.1) is 5.82 Å². The summed E-state index contributed by atoms with van der Waals surface area (Å²) in [5, 5.41) is 4.92. The number of hydrogen-bond donors (Lipinski definition) is 0. The lowest BCUT2D eigenvalue weighted by atomic mass is 10.1. The van der Waals surface area contributed by atoms with E-state index in [1.54, 1.807) is 12.1 Å². The largest absolute Gasteiger partial charge is 0.491 e. The summed E-state index contributed by atoms with van der Waals surface area (Å²) >= 11 is 3.50. The third kappa shape index (κ3) is 6.12. The van der Waals surface area contributed by atoms with E-state index in [-0.39, 0.29) is 24.3 Å². The van der Waals surface area contributed by atoms with Crippen molar-refractivity contribution in [2.24, 2.45) is 0 Å². The Morgan fingerprint density at radius 3 is 2.41 bits per heavy atom. The molecule has 3 aromatic carbocycles. The summed E-state index contributed by atoms with van der Waals surface area (Å²) in [6, 6.07) is 22.8. The Labute approximate surface area is 226 Å². The topological polar surface area (TPSA) is 39.5 Å². The summed E-state index contributed by atoms with van der Waals surface area (Å²) in [6.07, 6.45) is 2.92. The first-order chi connectivity index (χ1) is 17.9. The molecule has 192 valence electrons. The molecule has 1 aliphatic rings. The highest BCUT2D eigenvalue weighted by Crippen LogP contribution is 2.37. The molecule has 0 spiro atoms. The van der Waals surface area contributed by atoms with E-state index in [1.165, 1.54) is 17.7 Å². The van der Waals surface area contributed by atoms with Gasteiger partial charge in [-0.1, -0.05) is 28.1 Å². The fourth-order valence-corrected chi connectivity index (χ4v) is 4.92. The van der Waals surface area contributed by atoms with Crippen LogP contribution in [0.25, 0.3) is 16.9 Å². The third-order valence-corrected chi connectivity index (χ3v) is 6.91. The van der Waals surface area contributed by atoms with Crippen LogP contribution in [-0.2, 0) is 11.2 Å². The van der Waals surface area contributed by atoms with Crippen molar-refractivity contribution in [1.82, 2.24) is 14.7 Å². The van der Waals surface area contributed by atoms with Gasteiger partial charge in [0.1, 0.15) is 17.8 Å². The van der Waals surface area contributed by atoms with Gasteiger partial charge in [-0.25, -0.2) is 9.07 Å². The molecule has 1 fully saturated rings. The number of ether oxygens (including phenoxy) is 2. The van der Waals surface area contributed by atoms with Gasteiger partial charge in [0.05, 0.1) is 23.6 Å². The number of nitrogens with zero attached hydrogens (tertiary/aromatic N) is 3. The molecular formula is C30H31BrFN3O2. The van der Waals surface area contributed by atoms with Crippen LogP contribution >= 0.6 is 15.9 Å². The molecule has 0 N–H and O–H groups in total. The molecule has 5 nitrogen and oxygen atoms in total. The quantitative estimate of drug-likeness (QED) is 0.227. The van der Waals surface area contributed by atoms with Crippen molar-refractivity contribution in [1.29, 1.82) is 0 Å². The van der Waals surface area contributed by atoms with Gasteiger partial charge in [-0.3, -0.25) is 4.90 Å². The molecule has 0 amide bonds. The summed E-state index contributed by atoms with van der Waals surface area (Å²) in [6.45, 7) is 7.82. The van der Waals surface area contributed by atoms with Crippen molar-refractivity contribution < 1.29 is 13.9 Å². The molecule has 0 aliphatic carbocycles. The minimum absolute atomic E-state index is 0.0870. The summed E-state index contributed by atoms with van der Waals surface area (Å²) in [5.74, 6) is 0.619. The van der Waals surface area contributed by atoms with Crippen molar-refractivity contribution in [2.75, 3.05) is 13.1 Å². The normalized spacial score (nSPS) is 18.0. The second-order valence-corrected chi connectivity index (χ2v) is 10.6. The highest BCUT2D eigenvalue weighted by molar-refractivity contribution is 9.10. The third-order valence-electron chi connectivity index (χ3n) is 6.38. The Kier molecular flexibility index (Phi) is 7.74. The Morgan fingerprint density at radius 1 is 1.03 bits per heavy atom. The van der Waals surface area contributed by atoms with Gasteiger partial charge in [0.2, 0.25) is 0 Å². The standard InChI is InChI=1S/C30H31BrFN3O2/c1-20(2)36-27-14-4-22(5-15-27)16-17-34-18-21(3)37-30(34)28-19-35(26-12-8-24(31)9-13-26)33-29(28)23-6-10-25(32)11-7-23/h4-15,19-21,30H,16-18H2,1-3H3/t21-,30-/m1/s1. The predicted octanol–water partition coefficient (Wildman–Crippen LogP) is 7.19. The van der Waals surface area contributed by atoms with E-state index in [9.17, 15) is 4.39 Å². The lowest BCUT2D eigenvalue weighted by molar-refractivity contribution is 0.00521. The van der Waals surface area contributed by atoms with Crippen LogP contribution in [0.4, 0.5) is 4.39 Å². The van der Waals surface area contributed by atoms with Gasteiger partial charge in [0.25, 0.3) is 0 Å². The summed E-state index contributed by atoms with van der Waals surface area (Å²) in [5.41, 5.74) is 4.82. The lowest BCUT2D eigenvalue weighted by Gasteiger charge is -2.23. The SMILES string of the molecule is CC(C)Oc1ccc(CCN2C[C@@H](C)O[C@@H]2c2cn(-c3ccc(Br)cc3)nc2-c2ccc(F)cc2)cc1. The molecule has 7 heteroatoms. The highest BCUT2D eigenvalue weighted by atomic mass is 79.9. The van der Waals surface area contributed by atoms with Gasteiger partial charge in [-0.05, 0) is 93.4 Å². The Hall–Kier alpha value is -3.00. The van der Waals surface area contributed by atoms with Crippen LogP contribution in [-0.4, -0.2) is 40.0 Å². The predicted molar refractivity (Wildman–Crippen MR) is 147 cm³/mol. The molecule has 37 heavy (non-hydrogen) atoms. The monoisotopic (exact) mass is 563 g/mol. The van der Waals surface area contributed by atoms with E-state index in [1.807, 2.05) is 61.1 Å². The second kappa shape index (κ2) is 11.2. The van der Waals surface area contributed by atoms with Crippen molar-refractivity contribution in [3.63, 3.8) is 0 Å². The lowest BCUT2D eigenvalue weighted by Crippen LogP contribution is -2.27. The molecule has 0 bridgehead atoms. The molecule has 0 unspecified atom stereocenters. The zero-order chi connectivity index (χ0) is 25.9. The molecule has 5 rings (SSSR count). The molecule has 1 aromatic heterocycles. The molecule has 2 atom stereocenters. The van der Waals surface area contributed by atoms with E-state index in [2.05, 4.69) is 39.9 Å². The van der Waals surface area contributed by atoms with Crippen molar-refractivity contribution >= 4 is 15.9 Å². The average Bonchev–Trinajstić information content (AvgIpc) is 3.48. The zero-order valence-corrected chi connectivity index (χ0v) is 22.9. The number of rotatable bonds is 8. The van der Waals surface area contributed by atoms with E-state index >= 15 is 0 Å². The van der Waals surface area contributed by atoms with Crippen molar-refractivity contribution in [3.8, 4) is 22.7 Å². The number of halogens is 2.